The van der Waals surface area contributed by atoms with Crippen LogP contribution in [0.3, 0.4) is 0 Å². The molecule has 0 spiro atoms. The maximum absolute atomic E-state index is 11.9. The van der Waals surface area contributed by atoms with E-state index in [2.05, 4.69) is 12.2 Å². The van der Waals surface area contributed by atoms with E-state index in [0.29, 0.717) is 6.04 Å². The van der Waals surface area contributed by atoms with Crippen molar-refractivity contribution in [3.8, 4) is 0 Å². The average Bonchev–Trinajstić information content (AvgIpc) is 2.28. The number of rotatable bonds is 4. The zero-order valence-electron chi connectivity index (χ0n) is 9.95. The smallest absolute Gasteiger partial charge is 0.251 e. The summed E-state index contributed by atoms with van der Waals surface area (Å²) < 4.78 is 5.05. The number of hydrogen-bond acceptors (Lipinski definition) is 3. The second kappa shape index (κ2) is 6.08. The van der Waals surface area contributed by atoms with E-state index in [1.165, 1.54) is 6.42 Å². The highest BCUT2D eigenvalue weighted by atomic mass is 16.5. The van der Waals surface area contributed by atoms with Crippen LogP contribution in [-0.2, 0) is 9.53 Å². The van der Waals surface area contributed by atoms with Gasteiger partial charge in [-0.25, -0.2) is 0 Å². The van der Waals surface area contributed by atoms with Crippen molar-refractivity contribution in [1.82, 2.24) is 10.2 Å². The third kappa shape index (κ3) is 3.47. The van der Waals surface area contributed by atoms with Gasteiger partial charge in [0.1, 0.15) is 6.10 Å². The van der Waals surface area contributed by atoms with Crippen molar-refractivity contribution in [1.29, 1.82) is 0 Å². The molecule has 0 saturated carbocycles. The second-order valence-electron chi connectivity index (χ2n) is 4.06. The molecule has 0 aromatic rings. The Labute approximate surface area is 92.0 Å². The first-order valence-electron chi connectivity index (χ1n) is 5.74. The molecule has 4 nitrogen and oxygen atoms in total. The molecule has 2 atom stereocenters. The highest BCUT2D eigenvalue weighted by Gasteiger charge is 2.25. The molecule has 1 aliphatic heterocycles. The summed E-state index contributed by atoms with van der Waals surface area (Å²) in [5.74, 6) is 0.111. The number of ether oxygens (including phenoxy) is 1. The highest BCUT2D eigenvalue weighted by molar-refractivity contribution is 5.80. The van der Waals surface area contributed by atoms with E-state index in [-0.39, 0.29) is 12.0 Å². The van der Waals surface area contributed by atoms with Gasteiger partial charge >= 0.3 is 0 Å². The van der Waals surface area contributed by atoms with Crippen LogP contribution in [0.5, 0.6) is 0 Å². The van der Waals surface area contributed by atoms with E-state index in [1.54, 1.807) is 14.0 Å². The summed E-state index contributed by atoms with van der Waals surface area (Å²) in [7, 11) is 1.58. The van der Waals surface area contributed by atoms with Gasteiger partial charge in [-0.05, 0) is 26.3 Å². The molecule has 1 aliphatic rings. The standard InChI is InChI=1S/C11H22N2O2/c1-4-12-10-6-5-7-13(8-10)11(14)9(2)15-3/h9-10,12H,4-8H2,1-3H3. The summed E-state index contributed by atoms with van der Waals surface area (Å²) in [6, 6.07) is 0.455. The van der Waals surface area contributed by atoms with Crippen molar-refractivity contribution in [3.05, 3.63) is 0 Å². The zero-order chi connectivity index (χ0) is 11.3. The molecule has 4 heteroatoms. The Balaban J connectivity index is 2.44. The van der Waals surface area contributed by atoms with E-state index < -0.39 is 0 Å². The molecule has 2 unspecified atom stereocenters. The minimum absolute atomic E-state index is 0.111. The molecule has 0 radical (unpaired) electrons. The lowest BCUT2D eigenvalue weighted by Gasteiger charge is -2.34. The Hall–Kier alpha value is -0.610. The van der Waals surface area contributed by atoms with Gasteiger partial charge in [0.2, 0.25) is 0 Å². The SMILES string of the molecule is CCNC1CCCN(C(=O)C(C)OC)C1. The van der Waals surface area contributed by atoms with Crippen LogP contribution in [-0.4, -0.2) is 49.7 Å². The summed E-state index contributed by atoms with van der Waals surface area (Å²) in [6.07, 6.45) is 1.93. The van der Waals surface area contributed by atoms with Crippen molar-refractivity contribution in [2.45, 2.75) is 38.8 Å². The van der Waals surface area contributed by atoms with E-state index in [0.717, 1.165) is 26.1 Å². The molecule has 0 aromatic carbocycles. The quantitative estimate of drug-likeness (QED) is 0.746. The lowest BCUT2D eigenvalue weighted by molar-refractivity contribution is -0.142. The molecular formula is C11H22N2O2. The lowest BCUT2D eigenvalue weighted by Crippen LogP contribution is -2.50. The first kappa shape index (κ1) is 12.5. The maximum atomic E-state index is 11.9. The van der Waals surface area contributed by atoms with Gasteiger partial charge in [-0.2, -0.15) is 0 Å². The maximum Gasteiger partial charge on any atom is 0.251 e. The summed E-state index contributed by atoms with van der Waals surface area (Å²) >= 11 is 0. The van der Waals surface area contributed by atoms with Crippen LogP contribution in [0.4, 0.5) is 0 Å². The summed E-state index contributed by atoms with van der Waals surface area (Å²) in [6.45, 7) is 6.55. The van der Waals surface area contributed by atoms with Crippen molar-refractivity contribution in [3.63, 3.8) is 0 Å². The van der Waals surface area contributed by atoms with Crippen molar-refractivity contribution in [2.24, 2.45) is 0 Å². The fourth-order valence-corrected chi connectivity index (χ4v) is 1.99. The predicted molar refractivity (Wildman–Crippen MR) is 59.7 cm³/mol. The third-order valence-electron chi connectivity index (χ3n) is 2.93. The Kier molecular flexibility index (Phi) is 5.05. The Bertz CT molecular complexity index is 207. The number of piperidine rings is 1. The molecule has 1 fully saturated rings. The van der Waals surface area contributed by atoms with Gasteiger partial charge in [0.25, 0.3) is 5.91 Å². The summed E-state index contributed by atoms with van der Waals surface area (Å²) in [5, 5.41) is 3.39. The van der Waals surface area contributed by atoms with Gasteiger partial charge in [-0.1, -0.05) is 6.92 Å². The monoisotopic (exact) mass is 214 g/mol. The molecule has 0 bridgehead atoms. The van der Waals surface area contributed by atoms with Crippen LogP contribution in [0.25, 0.3) is 0 Å². The molecule has 1 N–H and O–H groups in total. The normalized spacial score (nSPS) is 23.9. The Morgan fingerprint density at radius 3 is 3.00 bits per heavy atom. The van der Waals surface area contributed by atoms with E-state index in [9.17, 15) is 4.79 Å². The average molecular weight is 214 g/mol. The fraction of sp³-hybridized carbons (Fsp3) is 0.909. The number of hydrogen-bond donors (Lipinski definition) is 1. The summed E-state index contributed by atoms with van der Waals surface area (Å²) in [4.78, 5) is 13.8. The minimum Gasteiger partial charge on any atom is -0.372 e. The molecule has 1 amide bonds. The molecule has 1 heterocycles. The van der Waals surface area contributed by atoms with Gasteiger partial charge in [-0.15, -0.1) is 0 Å². The van der Waals surface area contributed by atoms with Gasteiger partial charge < -0.3 is 15.0 Å². The molecule has 15 heavy (non-hydrogen) atoms. The lowest BCUT2D eigenvalue weighted by atomic mass is 10.1. The van der Waals surface area contributed by atoms with Crippen molar-refractivity contribution < 1.29 is 9.53 Å². The van der Waals surface area contributed by atoms with Crippen molar-refractivity contribution in [2.75, 3.05) is 26.7 Å². The number of nitrogens with one attached hydrogen (secondary N) is 1. The first-order valence-corrected chi connectivity index (χ1v) is 5.74. The Morgan fingerprint density at radius 2 is 2.40 bits per heavy atom. The highest BCUT2D eigenvalue weighted by Crippen LogP contribution is 2.11. The second-order valence-corrected chi connectivity index (χ2v) is 4.06. The van der Waals surface area contributed by atoms with E-state index >= 15 is 0 Å². The molecule has 1 rings (SSSR count). The molecule has 0 aromatic heterocycles. The number of carbonyl (C=O) groups excluding carboxylic acids is 1. The molecule has 88 valence electrons. The zero-order valence-corrected chi connectivity index (χ0v) is 9.95. The molecule has 0 aliphatic carbocycles. The number of amides is 1. The fourth-order valence-electron chi connectivity index (χ4n) is 1.99. The number of methoxy groups -OCH3 is 1. The first-order chi connectivity index (χ1) is 7.19. The predicted octanol–water partition coefficient (Wildman–Crippen LogP) is 0.622. The van der Waals surface area contributed by atoms with Crippen LogP contribution in [0.1, 0.15) is 26.7 Å². The number of carbonyl (C=O) groups is 1. The Morgan fingerprint density at radius 1 is 1.67 bits per heavy atom. The topological polar surface area (TPSA) is 41.6 Å². The van der Waals surface area contributed by atoms with Crippen molar-refractivity contribution >= 4 is 5.91 Å². The number of likely N-dealkylation sites (tertiary alicyclic amines) is 1. The van der Waals surface area contributed by atoms with E-state index in [1.807, 2.05) is 4.90 Å². The number of likely N-dealkylation sites (N-methyl/N-ethyl adjacent to an activating group) is 1. The molecular weight excluding hydrogens is 192 g/mol. The number of nitrogens with zero attached hydrogens (tertiary/aromatic N) is 1. The van der Waals surface area contributed by atoms with Crippen LogP contribution in [0.15, 0.2) is 0 Å². The van der Waals surface area contributed by atoms with Gasteiger partial charge in [0.15, 0.2) is 0 Å². The minimum atomic E-state index is -0.314. The largest absolute Gasteiger partial charge is 0.372 e. The third-order valence-corrected chi connectivity index (χ3v) is 2.93. The van der Waals surface area contributed by atoms with Crippen LogP contribution in [0.2, 0.25) is 0 Å². The summed E-state index contributed by atoms with van der Waals surface area (Å²) in [5.41, 5.74) is 0. The van der Waals surface area contributed by atoms with Crippen LogP contribution in [0, 0.1) is 0 Å². The van der Waals surface area contributed by atoms with Crippen LogP contribution >= 0.6 is 0 Å². The van der Waals surface area contributed by atoms with Gasteiger partial charge in [0, 0.05) is 26.2 Å². The van der Waals surface area contributed by atoms with Gasteiger partial charge in [-0.3, -0.25) is 4.79 Å². The van der Waals surface area contributed by atoms with Crippen LogP contribution < -0.4 is 5.32 Å². The molecule has 1 saturated heterocycles. The van der Waals surface area contributed by atoms with Gasteiger partial charge in [0.05, 0.1) is 0 Å². The van der Waals surface area contributed by atoms with E-state index in [4.69, 9.17) is 4.74 Å².